The Bertz CT molecular complexity index is 730. The highest BCUT2D eigenvalue weighted by Crippen LogP contribution is 2.36. The largest absolute Gasteiger partial charge is 0.384 e. The maximum Gasteiger partial charge on any atom is 0.240 e. The Morgan fingerprint density at radius 1 is 1.14 bits per heavy atom. The molecule has 2 aliphatic heterocycles. The van der Waals surface area contributed by atoms with Crippen molar-refractivity contribution in [2.75, 3.05) is 33.4 Å². The predicted molar refractivity (Wildman–Crippen MR) is 111 cm³/mol. The second kappa shape index (κ2) is 9.26. The minimum Gasteiger partial charge on any atom is -0.384 e. The van der Waals surface area contributed by atoms with Crippen molar-refractivity contribution < 1.29 is 14.3 Å². The number of piperidine rings is 1. The molecular formula is C23H33N3O3. The van der Waals surface area contributed by atoms with Gasteiger partial charge in [0.25, 0.3) is 0 Å². The third kappa shape index (κ3) is 4.48. The molecular weight excluding hydrogens is 366 g/mol. The lowest BCUT2D eigenvalue weighted by Gasteiger charge is -2.35. The van der Waals surface area contributed by atoms with Gasteiger partial charge in [-0.3, -0.25) is 9.59 Å². The van der Waals surface area contributed by atoms with Crippen molar-refractivity contribution >= 4 is 11.8 Å². The highest BCUT2D eigenvalue weighted by molar-refractivity contribution is 5.84. The molecule has 4 rings (SSSR count). The third-order valence-electron chi connectivity index (χ3n) is 6.76. The monoisotopic (exact) mass is 399 g/mol. The van der Waals surface area contributed by atoms with Gasteiger partial charge in [-0.25, -0.2) is 0 Å². The summed E-state index contributed by atoms with van der Waals surface area (Å²) in [5.74, 6) is 0.426. The molecule has 2 amide bonds. The molecule has 2 unspecified atom stereocenters. The molecule has 0 spiro atoms. The molecule has 1 aliphatic carbocycles. The molecule has 158 valence electrons. The molecule has 29 heavy (non-hydrogen) atoms. The van der Waals surface area contributed by atoms with Crippen LogP contribution in [0.1, 0.15) is 55.7 Å². The van der Waals surface area contributed by atoms with E-state index in [1.807, 2.05) is 4.90 Å². The SMILES string of the molecule is COCCC(=O)N1CCC(NC2CCN(C3CCCc4ccccc43)C2=O)CC1. The second-order valence-electron chi connectivity index (χ2n) is 8.54. The summed E-state index contributed by atoms with van der Waals surface area (Å²) < 4.78 is 5.00. The summed E-state index contributed by atoms with van der Waals surface area (Å²) in [6.45, 7) is 2.85. The minimum atomic E-state index is -0.0789. The third-order valence-corrected chi connectivity index (χ3v) is 6.76. The number of nitrogens with zero attached hydrogens (tertiary/aromatic N) is 2. The average molecular weight is 400 g/mol. The highest BCUT2D eigenvalue weighted by atomic mass is 16.5. The number of likely N-dealkylation sites (tertiary alicyclic amines) is 2. The fourth-order valence-electron chi connectivity index (χ4n) is 5.15. The quantitative estimate of drug-likeness (QED) is 0.797. The Hall–Kier alpha value is -1.92. The molecule has 3 aliphatic rings. The van der Waals surface area contributed by atoms with Crippen molar-refractivity contribution in [3.8, 4) is 0 Å². The van der Waals surface area contributed by atoms with Gasteiger partial charge in [-0.2, -0.15) is 0 Å². The normalized spacial score (nSPS) is 25.3. The van der Waals surface area contributed by atoms with Gasteiger partial charge >= 0.3 is 0 Å². The van der Waals surface area contributed by atoms with Crippen molar-refractivity contribution in [3.05, 3.63) is 35.4 Å². The van der Waals surface area contributed by atoms with Crippen LogP contribution >= 0.6 is 0 Å². The topological polar surface area (TPSA) is 61.9 Å². The van der Waals surface area contributed by atoms with Gasteiger partial charge in [-0.05, 0) is 49.7 Å². The lowest BCUT2D eigenvalue weighted by Crippen LogP contribution is -2.50. The molecule has 0 radical (unpaired) electrons. The van der Waals surface area contributed by atoms with E-state index in [-0.39, 0.29) is 23.9 Å². The summed E-state index contributed by atoms with van der Waals surface area (Å²) in [6.07, 6.45) is 6.50. The van der Waals surface area contributed by atoms with Crippen LogP contribution in [0.2, 0.25) is 0 Å². The summed E-state index contributed by atoms with van der Waals surface area (Å²) in [4.78, 5) is 29.3. The van der Waals surface area contributed by atoms with E-state index in [1.54, 1.807) is 7.11 Å². The van der Waals surface area contributed by atoms with Gasteiger partial charge in [0.1, 0.15) is 0 Å². The van der Waals surface area contributed by atoms with Crippen LogP contribution in [0.5, 0.6) is 0 Å². The number of amides is 2. The van der Waals surface area contributed by atoms with E-state index in [1.165, 1.54) is 11.1 Å². The lowest BCUT2D eigenvalue weighted by molar-refractivity contribution is -0.134. The van der Waals surface area contributed by atoms with Crippen LogP contribution in [0.3, 0.4) is 0 Å². The molecule has 2 atom stereocenters. The van der Waals surface area contributed by atoms with Crippen LogP contribution in [0.15, 0.2) is 24.3 Å². The molecule has 1 N–H and O–H groups in total. The van der Waals surface area contributed by atoms with Crippen molar-refractivity contribution in [2.24, 2.45) is 0 Å². The zero-order chi connectivity index (χ0) is 20.2. The number of fused-ring (bicyclic) bond motifs is 1. The summed E-state index contributed by atoms with van der Waals surface area (Å²) in [5, 5.41) is 3.61. The highest BCUT2D eigenvalue weighted by Gasteiger charge is 2.39. The van der Waals surface area contributed by atoms with E-state index in [0.29, 0.717) is 19.1 Å². The fraction of sp³-hybridized carbons (Fsp3) is 0.652. The van der Waals surface area contributed by atoms with Gasteiger partial charge in [0.15, 0.2) is 0 Å². The summed E-state index contributed by atoms with van der Waals surface area (Å²) >= 11 is 0. The number of carbonyl (C=O) groups excluding carboxylic acids is 2. The van der Waals surface area contributed by atoms with Gasteiger partial charge in [-0.15, -0.1) is 0 Å². The van der Waals surface area contributed by atoms with Gasteiger partial charge < -0.3 is 19.9 Å². The zero-order valence-corrected chi connectivity index (χ0v) is 17.4. The van der Waals surface area contributed by atoms with Crippen molar-refractivity contribution in [3.63, 3.8) is 0 Å². The van der Waals surface area contributed by atoms with Crippen LogP contribution in [-0.4, -0.2) is 67.0 Å². The minimum absolute atomic E-state index is 0.0789. The van der Waals surface area contributed by atoms with Crippen LogP contribution in [-0.2, 0) is 20.7 Å². The standard InChI is InChI=1S/C23H33N3O3/c1-29-16-12-22(27)25-13-9-18(10-14-25)24-20-11-15-26(23(20)28)21-8-4-6-17-5-2-3-7-19(17)21/h2-3,5,7,18,20-21,24H,4,6,8-16H2,1H3. The molecule has 1 aromatic carbocycles. The van der Waals surface area contributed by atoms with Crippen molar-refractivity contribution in [1.82, 2.24) is 15.1 Å². The van der Waals surface area contributed by atoms with Gasteiger partial charge in [-0.1, -0.05) is 24.3 Å². The van der Waals surface area contributed by atoms with Crippen molar-refractivity contribution in [2.45, 2.75) is 63.1 Å². The smallest absolute Gasteiger partial charge is 0.240 e. The average Bonchev–Trinajstić information content (AvgIpc) is 3.12. The Kier molecular flexibility index (Phi) is 6.50. The molecule has 0 aromatic heterocycles. The van der Waals surface area contributed by atoms with Gasteiger partial charge in [0.2, 0.25) is 11.8 Å². The number of rotatable bonds is 6. The van der Waals surface area contributed by atoms with Crippen LogP contribution in [0, 0.1) is 0 Å². The first-order valence-corrected chi connectivity index (χ1v) is 11.1. The van der Waals surface area contributed by atoms with Crippen molar-refractivity contribution in [1.29, 1.82) is 0 Å². The molecule has 0 bridgehead atoms. The van der Waals surface area contributed by atoms with E-state index in [2.05, 4.69) is 34.5 Å². The molecule has 2 fully saturated rings. The van der Waals surface area contributed by atoms with Crippen LogP contribution in [0.25, 0.3) is 0 Å². The van der Waals surface area contributed by atoms with Crippen LogP contribution in [0.4, 0.5) is 0 Å². The second-order valence-corrected chi connectivity index (χ2v) is 8.54. The molecule has 6 heteroatoms. The molecule has 0 saturated carbocycles. The Labute approximate surface area is 173 Å². The predicted octanol–water partition coefficient (Wildman–Crippen LogP) is 2.28. The number of hydrogen-bond donors (Lipinski definition) is 1. The Balaban J connectivity index is 1.30. The number of carbonyl (C=O) groups is 2. The number of ether oxygens (including phenoxy) is 1. The van der Waals surface area contributed by atoms with E-state index in [9.17, 15) is 9.59 Å². The molecule has 2 heterocycles. The van der Waals surface area contributed by atoms with Gasteiger partial charge in [0, 0.05) is 32.8 Å². The van der Waals surface area contributed by atoms with E-state index in [0.717, 1.165) is 58.2 Å². The number of methoxy groups -OCH3 is 1. The summed E-state index contributed by atoms with van der Waals surface area (Å²) in [5.41, 5.74) is 2.74. The first kappa shape index (κ1) is 20.4. The van der Waals surface area contributed by atoms with Crippen LogP contribution < -0.4 is 5.32 Å². The van der Waals surface area contributed by atoms with E-state index >= 15 is 0 Å². The maximum atomic E-state index is 13.2. The first-order valence-electron chi connectivity index (χ1n) is 11.1. The number of aryl methyl sites for hydroxylation is 1. The Morgan fingerprint density at radius 3 is 2.72 bits per heavy atom. The maximum absolute atomic E-state index is 13.2. The van der Waals surface area contributed by atoms with Gasteiger partial charge in [0.05, 0.1) is 25.1 Å². The molecule has 6 nitrogen and oxygen atoms in total. The first-order chi connectivity index (χ1) is 14.2. The Morgan fingerprint density at radius 2 is 1.93 bits per heavy atom. The molecule has 1 aromatic rings. The number of benzene rings is 1. The zero-order valence-electron chi connectivity index (χ0n) is 17.4. The molecule has 2 saturated heterocycles. The van der Waals surface area contributed by atoms with E-state index < -0.39 is 0 Å². The fourth-order valence-corrected chi connectivity index (χ4v) is 5.15. The summed E-state index contributed by atoms with van der Waals surface area (Å²) in [6, 6.07) is 9.07. The number of hydrogen-bond acceptors (Lipinski definition) is 4. The summed E-state index contributed by atoms with van der Waals surface area (Å²) in [7, 11) is 1.62. The van der Waals surface area contributed by atoms with E-state index in [4.69, 9.17) is 4.74 Å². The lowest BCUT2D eigenvalue weighted by atomic mass is 9.87. The number of nitrogens with one attached hydrogen (secondary N) is 1.